The topological polar surface area (TPSA) is 55.8 Å². The molecule has 27 heavy (non-hydrogen) atoms. The third kappa shape index (κ3) is 4.92. The summed E-state index contributed by atoms with van der Waals surface area (Å²) >= 11 is 0.969. The van der Waals surface area contributed by atoms with E-state index in [1.807, 2.05) is 61.5 Å². The molecule has 0 radical (unpaired) electrons. The van der Waals surface area contributed by atoms with Crippen molar-refractivity contribution in [3.63, 3.8) is 0 Å². The highest BCUT2D eigenvalue weighted by atomic mass is 32.2. The lowest BCUT2D eigenvalue weighted by molar-refractivity contribution is -0.122. The summed E-state index contributed by atoms with van der Waals surface area (Å²) in [5.74, 6) is 1.20. The third-order valence-corrected chi connectivity index (χ3v) is 4.79. The third-order valence-electron chi connectivity index (χ3n) is 3.88. The first-order valence-electron chi connectivity index (χ1n) is 8.84. The van der Waals surface area contributed by atoms with Gasteiger partial charge in [0.15, 0.2) is 0 Å². The predicted molar refractivity (Wildman–Crippen MR) is 107 cm³/mol. The summed E-state index contributed by atoms with van der Waals surface area (Å²) in [6.07, 6.45) is 2.46. The van der Waals surface area contributed by atoms with E-state index in [2.05, 4.69) is 0 Å². The average molecular weight is 383 g/mol. The van der Waals surface area contributed by atoms with Crippen molar-refractivity contribution >= 4 is 29.0 Å². The Hall–Kier alpha value is -2.73. The minimum atomic E-state index is -0.242. The van der Waals surface area contributed by atoms with Gasteiger partial charge in [0.2, 0.25) is 0 Å². The number of ether oxygens (including phenoxy) is 2. The Balaban J connectivity index is 1.64. The normalized spacial score (nSPS) is 15.4. The molecule has 1 aliphatic rings. The van der Waals surface area contributed by atoms with Crippen LogP contribution in [-0.2, 0) is 4.79 Å². The van der Waals surface area contributed by atoms with Gasteiger partial charge in [-0.1, -0.05) is 43.3 Å². The zero-order valence-electron chi connectivity index (χ0n) is 15.1. The SMILES string of the molecule is CCCN1C(=O)S/C(=C/c2ccccc2OCCOc2ccccc2)C1=O. The molecule has 1 saturated heterocycles. The van der Waals surface area contributed by atoms with Crippen LogP contribution in [0.1, 0.15) is 18.9 Å². The number of benzene rings is 2. The first kappa shape index (κ1) is 19.0. The first-order chi connectivity index (χ1) is 13.2. The summed E-state index contributed by atoms with van der Waals surface area (Å²) in [7, 11) is 0. The van der Waals surface area contributed by atoms with Gasteiger partial charge in [-0.3, -0.25) is 14.5 Å². The first-order valence-corrected chi connectivity index (χ1v) is 9.65. The lowest BCUT2D eigenvalue weighted by Crippen LogP contribution is -2.28. The molecule has 3 rings (SSSR count). The molecule has 1 aliphatic heterocycles. The van der Waals surface area contributed by atoms with Gasteiger partial charge in [-0.2, -0.15) is 0 Å². The lowest BCUT2D eigenvalue weighted by Gasteiger charge is -2.11. The summed E-state index contributed by atoms with van der Waals surface area (Å²) < 4.78 is 11.4. The van der Waals surface area contributed by atoms with E-state index >= 15 is 0 Å². The summed E-state index contributed by atoms with van der Waals surface area (Å²) in [5, 5.41) is -0.220. The fourth-order valence-electron chi connectivity index (χ4n) is 2.62. The van der Waals surface area contributed by atoms with E-state index in [0.29, 0.717) is 30.4 Å². The molecule has 2 amide bonds. The molecule has 5 nitrogen and oxygen atoms in total. The molecule has 0 saturated carbocycles. The second kappa shape index (κ2) is 9.28. The second-order valence-corrected chi connectivity index (χ2v) is 6.87. The number of rotatable bonds is 8. The van der Waals surface area contributed by atoms with Crippen LogP contribution in [0.3, 0.4) is 0 Å². The van der Waals surface area contributed by atoms with Crippen LogP contribution in [0.2, 0.25) is 0 Å². The van der Waals surface area contributed by atoms with Crippen molar-refractivity contribution in [3.8, 4) is 11.5 Å². The van der Waals surface area contributed by atoms with Crippen molar-refractivity contribution in [2.45, 2.75) is 13.3 Å². The number of nitrogens with zero attached hydrogens (tertiary/aromatic N) is 1. The number of imide groups is 1. The zero-order chi connectivity index (χ0) is 19.1. The number of hydrogen-bond acceptors (Lipinski definition) is 5. The van der Waals surface area contributed by atoms with Crippen LogP contribution in [0.15, 0.2) is 59.5 Å². The highest BCUT2D eigenvalue weighted by Gasteiger charge is 2.34. The van der Waals surface area contributed by atoms with Gasteiger partial charge >= 0.3 is 0 Å². The summed E-state index contributed by atoms with van der Waals surface area (Å²) in [6.45, 7) is 3.16. The Bertz CT molecular complexity index is 835. The molecule has 0 spiro atoms. The van der Waals surface area contributed by atoms with Gasteiger partial charge in [-0.05, 0) is 42.5 Å². The Kier molecular flexibility index (Phi) is 6.54. The summed E-state index contributed by atoms with van der Waals surface area (Å²) in [5.41, 5.74) is 0.763. The van der Waals surface area contributed by atoms with Crippen molar-refractivity contribution in [1.82, 2.24) is 4.90 Å². The molecule has 2 aromatic rings. The minimum absolute atomic E-state index is 0.220. The maximum Gasteiger partial charge on any atom is 0.293 e. The molecule has 0 bridgehead atoms. The number of hydrogen-bond donors (Lipinski definition) is 0. The van der Waals surface area contributed by atoms with Crippen LogP contribution in [0.5, 0.6) is 11.5 Å². The van der Waals surface area contributed by atoms with Crippen LogP contribution >= 0.6 is 11.8 Å². The van der Waals surface area contributed by atoms with Gasteiger partial charge in [-0.15, -0.1) is 0 Å². The number of thioether (sulfide) groups is 1. The van der Waals surface area contributed by atoms with Crippen LogP contribution in [-0.4, -0.2) is 35.8 Å². The molecule has 140 valence electrons. The molecule has 0 atom stereocenters. The van der Waals surface area contributed by atoms with Crippen LogP contribution in [0.4, 0.5) is 4.79 Å². The Morgan fingerprint density at radius 2 is 1.67 bits per heavy atom. The van der Waals surface area contributed by atoms with E-state index in [1.54, 1.807) is 6.08 Å². The zero-order valence-corrected chi connectivity index (χ0v) is 15.9. The number of carbonyl (C=O) groups excluding carboxylic acids is 2. The van der Waals surface area contributed by atoms with Crippen molar-refractivity contribution in [2.75, 3.05) is 19.8 Å². The summed E-state index contributed by atoms with van der Waals surface area (Å²) in [4.78, 5) is 26.1. The van der Waals surface area contributed by atoms with Crippen molar-refractivity contribution in [2.24, 2.45) is 0 Å². The van der Waals surface area contributed by atoms with E-state index in [9.17, 15) is 9.59 Å². The van der Waals surface area contributed by atoms with E-state index in [4.69, 9.17) is 9.47 Å². The maximum absolute atomic E-state index is 12.4. The van der Waals surface area contributed by atoms with Crippen molar-refractivity contribution in [1.29, 1.82) is 0 Å². The average Bonchev–Trinajstić information content (AvgIpc) is 2.95. The number of carbonyl (C=O) groups is 2. The Labute approximate surface area is 163 Å². The van der Waals surface area contributed by atoms with Gasteiger partial charge in [0.1, 0.15) is 24.7 Å². The molecule has 0 N–H and O–H groups in total. The number of amides is 2. The highest BCUT2D eigenvalue weighted by Crippen LogP contribution is 2.34. The van der Waals surface area contributed by atoms with Crippen LogP contribution in [0.25, 0.3) is 6.08 Å². The smallest absolute Gasteiger partial charge is 0.293 e. The monoisotopic (exact) mass is 383 g/mol. The molecule has 1 heterocycles. The van der Waals surface area contributed by atoms with Gasteiger partial charge in [0.25, 0.3) is 11.1 Å². The molecule has 0 aliphatic carbocycles. The highest BCUT2D eigenvalue weighted by molar-refractivity contribution is 8.18. The van der Waals surface area contributed by atoms with E-state index in [0.717, 1.165) is 29.5 Å². The maximum atomic E-state index is 12.4. The molecular formula is C21H21NO4S. The van der Waals surface area contributed by atoms with Crippen LogP contribution in [0, 0.1) is 0 Å². The van der Waals surface area contributed by atoms with Crippen LogP contribution < -0.4 is 9.47 Å². The molecule has 0 aromatic heterocycles. The van der Waals surface area contributed by atoms with Crippen molar-refractivity contribution in [3.05, 3.63) is 65.1 Å². The Morgan fingerprint density at radius 1 is 0.963 bits per heavy atom. The van der Waals surface area contributed by atoms with Gasteiger partial charge in [-0.25, -0.2) is 0 Å². The standard InChI is InChI=1S/C21H21NO4S/c1-2-12-22-20(23)19(27-21(22)24)15-16-8-6-7-11-18(16)26-14-13-25-17-9-4-3-5-10-17/h3-11,15H,2,12-14H2,1H3/b19-15+. The largest absolute Gasteiger partial charge is 0.490 e. The van der Waals surface area contributed by atoms with Gasteiger partial charge in [0.05, 0.1) is 4.91 Å². The molecule has 0 unspecified atom stereocenters. The molecular weight excluding hydrogens is 362 g/mol. The summed E-state index contributed by atoms with van der Waals surface area (Å²) in [6, 6.07) is 17.0. The lowest BCUT2D eigenvalue weighted by atomic mass is 10.2. The number of para-hydroxylation sites is 2. The minimum Gasteiger partial charge on any atom is -0.490 e. The van der Waals surface area contributed by atoms with E-state index < -0.39 is 0 Å². The fraction of sp³-hybridized carbons (Fsp3) is 0.238. The Morgan fingerprint density at radius 3 is 2.44 bits per heavy atom. The second-order valence-electron chi connectivity index (χ2n) is 5.88. The predicted octanol–water partition coefficient (Wildman–Crippen LogP) is 4.59. The molecule has 1 fully saturated rings. The quantitative estimate of drug-likeness (QED) is 0.493. The van der Waals surface area contributed by atoms with E-state index in [-0.39, 0.29) is 11.1 Å². The molecule has 2 aromatic carbocycles. The van der Waals surface area contributed by atoms with E-state index in [1.165, 1.54) is 4.90 Å². The molecule has 6 heteroatoms. The van der Waals surface area contributed by atoms with Crippen molar-refractivity contribution < 1.29 is 19.1 Å². The fourth-order valence-corrected chi connectivity index (χ4v) is 3.47. The van der Waals surface area contributed by atoms with Gasteiger partial charge in [0, 0.05) is 12.1 Å². The van der Waals surface area contributed by atoms with Gasteiger partial charge < -0.3 is 9.47 Å².